The fourth-order valence-electron chi connectivity index (χ4n) is 4.21. The first kappa shape index (κ1) is 28.6. The number of aryl methyl sites for hydroxylation is 2. The maximum Gasteiger partial charge on any atom is 0.264 e. The van der Waals surface area contributed by atoms with Crippen LogP contribution in [0, 0.1) is 13.8 Å². The van der Waals surface area contributed by atoms with Gasteiger partial charge < -0.3 is 10.1 Å². The third kappa shape index (κ3) is 6.67. The molecule has 1 N–H and O–H groups in total. The maximum atomic E-state index is 13.7. The van der Waals surface area contributed by atoms with Crippen molar-refractivity contribution in [2.24, 2.45) is 0 Å². The van der Waals surface area contributed by atoms with Gasteiger partial charge in [-0.25, -0.2) is 8.42 Å². The molecule has 37 heavy (non-hydrogen) atoms. The van der Waals surface area contributed by atoms with E-state index in [-0.39, 0.29) is 23.4 Å². The molecule has 3 aromatic rings. The van der Waals surface area contributed by atoms with E-state index in [9.17, 15) is 13.2 Å². The van der Waals surface area contributed by atoms with E-state index >= 15 is 0 Å². The molecule has 8 heteroatoms. The number of anilines is 1. The highest BCUT2D eigenvalue weighted by atomic mass is 32.2. The Kier molecular flexibility index (Phi) is 9.31. The number of nitrogens with zero attached hydrogens (tertiary/aromatic N) is 1. The van der Waals surface area contributed by atoms with Crippen LogP contribution in [0.4, 0.5) is 5.69 Å². The number of hydrogen-bond donors (Lipinski definition) is 1. The van der Waals surface area contributed by atoms with Gasteiger partial charge in [-0.2, -0.15) is 0 Å². The molecule has 0 unspecified atom stereocenters. The summed E-state index contributed by atoms with van der Waals surface area (Å²) in [5.74, 6) is 0.675. The van der Waals surface area contributed by atoms with Gasteiger partial charge in [-0.15, -0.1) is 11.8 Å². The molecule has 198 valence electrons. The zero-order valence-corrected chi connectivity index (χ0v) is 24.2. The van der Waals surface area contributed by atoms with Crippen LogP contribution >= 0.6 is 11.8 Å². The Hall–Kier alpha value is -2.97. The summed E-state index contributed by atoms with van der Waals surface area (Å²) >= 11 is 1.54. The fraction of sp³-hybridized carbons (Fsp3) is 0.345. The number of methoxy groups -OCH3 is 1. The Labute approximate surface area is 225 Å². The molecule has 0 radical (unpaired) electrons. The standard InChI is InChI=1S/C29H36N2O4S2/c1-19(2)26-17-27(21(4)16-28(26)35-6)22(5)30-29(32)18-31(23-10-8-20(3)9-11-23)37(33,34)25-14-12-24(36-7)13-15-25/h8-17,19,22H,18H2,1-7H3,(H,30,32)/t22-/m1/s1. The Bertz CT molecular complexity index is 1340. The normalized spacial score (nSPS) is 12.3. The van der Waals surface area contributed by atoms with Gasteiger partial charge in [-0.3, -0.25) is 9.10 Å². The van der Waals surface area contributed by atoms with Gasteiger partial charge >= 0.3 is 0 Å². The molecule has 0 aliphatic carbocycles. The Morgan fingerprint density at radius 1 is 0.973 bits per heavy atom. The van der Waals surface area contributed by atoms with E-state index in [4.69, 9.17) is 4.74 Å². The van der Waals surface area contributed by atoms with Gasteiger partial charge in [0.15, 0.2) is 0 Å². The summed E-state index contributed by atoms with van der Waals surface area (Å²) in [6.07, 6.45) is 1.93. The van der Waals surface area contributed by atoms with Crippen LogP contribution in [0.5, 0.6) is 5.75 Å². The lowest BCUT2D eigenvalue weighted by atomic mass is 9.93. The molecular weight excluding hydrogens is 504 g/mol. The predicted molar refractivity (Wildman–Crippen MR) is 152 cm³/mol. The average molecular weight is 541 g/mol. The maximum absolute atomic E-state index is 13.7. The predicted octanol–water partition coefficient (Wildman–Crippen LogP) is 6.23. The van der Waals surface area contributed by atoms with Crippen LogP contribution in [0.3, 0.4) is 0 Å². The minimum absolute atomic E-state index is 0.138. The van der Waals surface area contributed by atoms with Crippen molar-refractivity contribution < 1.29 is 17.9 Å². The van der Waals surface area contributed by atoms with Crippen LogP contribution in [0.15, 0.2) is 70.5 Å². The minimum Gasteiger partial charge on any atom is -0.496 e. The molecule has 0 bridgehead atoms. The van der Waals surface area contributed by atoms with Gasteiger partial charge in [-0.1, -0.05) is 31.5 Å². The van der Waals surface area contributed by atoms with Crippen molar-refractivity contribution in [2.45, 2.75) is 56.4 Å². The highest BCUT2D eigenvalue weighted by molar-refractivity contribution is 7.98. The number of hydrogen-bond acceptors (Lipinski definition) is 5. The van der Waals surface area contributed by atoms with E-state index in [0.717, 1.165) is 32.9 Å². The van der Waals surface area contributed by atoms with Crippen molar-refractivity contribution >= 4 is 33.4 Å². The van der Waals surface area contributed by atoms with Crippen LogP contribution in [0.2, 0.25) is 0 Å². The number of rotatable bonds is 10. The largest absolute Gasteiger partial charge is 0.496 e. The third-order valence-corrected chi connectivity index (χ3v) is 8.87. The molecule has 0 spiro atoms. The molecule has 3 aromatic carbocycles. The van der Waals surface area contributed by atoms with Crippen molar-refractivity contribution in [3.05, 3.63) is 82.9 Å². The first-order chi connectivity index (χ1) is 17.5. The molecule has 6 nitrogen and oxygen atoms in total. The molecule has 0 saturated carbocycles. The summed E-state index contributed by atoms with van der Waals surface area (Å²) in [6.45, 7) is 9.66. The second-order valence-electron chi connectivity index (χ2n) is 9.42. The van der Waals surface area contributed by atoms with Gasteiger partial charge in [0.25, 0.3) is 10.0 Å². The Balaban J connectivity index is 1.91. The molecule has 0 saturated heterocycles. The zero-order valence-electron chi connectivity index (χ0n) is 22.5. The summed E-state index contributed by atoms with van der Waals surface area (Å²) in [5.41, 5.74) is 4.45. The summed E-state index contributed by atoms with van der Waals surface area (Å²) in [7, 11) is -2.32. The number of benzene rings is 3. The number of nitrogens with one attached hydrogen (secondary N) is 1. The average Bonchev–Trinajstić information content (AvgIpc) is 2.87. The van der Waals surface area contributed by atoms with Crippen LogP contribution < -0.4 is 14.4 Å². The number of thioether (sulfide) groups is 1. The molecule has 0 heterocycles. The third-order valence-electron chi connectivity index (χ3n) is 6.34. The molecule has 0 aromatic heterocycles. The highest BCUT2D eigenvalue weighted by Gasteiger charge is 2.28. The van der Waals surface area contributed by atoms with Crippen LogP contribution in [0.1, 0.15) is 55.0 Å². The van der Waals surface area contributed by atoms with Crippen molar-refractivity contribution in [3.63, 3.8) is 0 Å². The van der Waals surface area contributed by atoms with E-state index in [2.05, 4.69) is 25.2 Å². The molecular formula is C29H36N2O4S2. The topological polar surface area (TPSA) is 75.7 Å². The molecule has 0 fully saturated rings. The monoisotopic (exact) mass is 540 g/mol. The van der Waals surface area contributed by atoms with E-state index < -0.39 is 15.9 Å². The molecule has 1 atom stereocenters. The molecule has 3 rings (SSSR count). The number of carbonyl (C=O) groups excluding carboxylic acids is 1. The SMILES string of the molecule is COc1cc(C)c([C@@H](C)NC(=O)CN(c2ccc(C)cc2)S(=O)(=O)c2ccc(SC)cc2)cc1C(C)C. The quantitative estimate of drug-likeness (QED) is 0.309. The highest BCUT2D eigenvalue weighted by Crippen LogP contribution is 2.32. The zero-order chi connectivity index (χ0) is 27.3. The van der Waals surface area contributed by atoms with Crippen LogP contribution in [-0.2, 0) is 14.8 Å². The van der Waals surface area contributed by atoms with Crippen molar-refractivity contribution in [1.82, 2.24) is 5.32 Å². The Morgan fingerprint density at radius 3 is 2.14 bits per heavy atom. The number of carbonyl (C=O) groups is 1. The smallest absolute Gasteiger partial charge is 0.264 e. The fourth-order valence-corrected chi connectivity index (χ4v) is 6.04. The summed E-state index contributed by atoms with van der Waals surface area (Å²) in [6, 6.07) is 17.5. The summed E-state index contributed by atoms with van der Waals surface area (Å²) in [4.78, 5) is 14.4. The minimum atomic E-state index is -3.98. The lowest BCUT2D eigenvalue weighted by Crippen LogP contribution is -2.41. The van der Waals surface area contributed by atoms with E-state index in [1.54, 1.807) is 43.5 Å². The lowest BCUT2D eigenvalue weighted by molar-refractivity contribution is -0.120. The van der Waals surface area contributed by atoms with Crippen LogP contribution in [-0.4, -0.2) is 34.2 Å². The first-order valence-electron chi connectivity index (χ1n) is 12.2. The van der Waals surface area contributed by atoms with Crippen LogP contribution in [0.25, 0.3) is 0 Å². The lowest BCUT2D eigenvalue weighted by Gasteiger charge is -2.26. The second-order valence-corrected chi connectivity index (χ2v) is 12.2. The van der Waals surface area contributed by atoms with Gasteiger partial charge in [0.1, 0.15) is 12.3 Å². The van der Waals surface area contributed by atoms with E-state index in [1.807, 2.05) is 45.2 Å². The summed E-state index contributed by atoms with van der Waals surface area (Å²) < 4.78 is 34.1. The van der Waals surface area contributed by atoms with Crippen molar-refractivity contribution in [2.75, 3.05) is 24.2 Å². The number of sulfonamides is 1. The number of amides is 1. The number of ether oxygens (including phenoxy) is 1. The van der Waals surface area contributed by atoms with Gasteiger partial charge in [0.2, 0.25) is 5.91 Å². The second kappa shape index (κ2) is 12.0. The molecule has 0 aliphatic rings. The first-order valence-corrected chi connectivity index (χ1v) is 14.9. The molecule has 0 aliphatic heterocycles. The van der Waals surface area contributed by atoms with E-state index in [0.29, 0.717) is 5.69 Å². The van der Waals surface area contributed by atoms with Crippen molar-refractivity contribution in [1.29, 1.82) is 0 Å². The van der Waals surface area contributed by atoms with E-state index in [1.165, 1.54) is 16.1 Å². The Morgan fingerprint density at radius 2 is 1.59 bits per heavy atom. The molecule has 1 amide bonds. The van der Waals surface area contributed by atoms with Gasteiger partial charge in [-0.05, 0) is 98.2 Å². The van der Waals surface area contributed by atoms with Gasteiger partial charge in [0.05, 0.1) is 23.7 Å². The summed E-state index contributed by atoms with van der Waals surface area (Å²) in [5, 5.41) is 3.00. The van der Waals surface area contributed by atoms with Gasteiger partial charge in [0, 0.05) is 4.90 Å². The van der Waals surface area contributed by atoms with Crippen molar-refractivity contribution in [3.8, 4) is 5.75 Å².